The van der Waals surface area contributed by atoms with Gasteiger partial charge in [0.25, 0.3) is 0 Å². The number of hydrogen-bond acceptors (Lipinski definition) is 8. The van der Waals surface area contributed by atoms with E-state index in [9.17, 15) is 14.3 Å². The summed E-state index contributed by atoms with van der Waals surface area (Å²) >= 11 is 6.32. The third-order valence-electron chi connectivity index (χ3n) is 6.65. The fourth-order valence-electron chi connectivity index (χ4n) is 4.68. The van der Waals surface area contributed by atoms with E-state index in [4.69, 9.17) is 16.3 Å². The lowest BCUT2D eigenvalue weighted by molar-refractivity contribution is -0.130. The normalized spacial score (nSPS) is 19.8. The van der Waals surface area contributed by atoms with Crippen molar-refractivity contribution in [3.05, 3.63) is 65.8 Å². The molecule has 1 aliphatic heterocycles. The summed E-state index contributed by atoms with van der Waals surface area (Å²) in [6, 6.07) is 13.3. The van der Waals surface area contributed by atoms with Crippen LogP contribution < -0.4 is 20.7 Å². The van der Waals surface area contributed by atoms with Crippen molar-refractivity contribution in [1.82, 2.24) is 14.9 Å². The van der Waals surface area contributed by atoms with Crippen molar-refractivity contribution in [2.24, 2.45) is 5.92 Å². The number of hydrogen-bond donors (Lipinski definition) is 4. The number of halogens is 2. The summed E-state index contributed by atoms with van der Waals surface area (Å²) < 4.78 is 18.2. The highest BCUT2D eigenvalue weighted by Crippen LogP contribution is 2.48. The Bertz CT molecular complexity index is 1360. The van der Waals surface area contributed by atoms with Gasteiger partial charge < -0.3 is 25.8 Å². The van der Waals surface area contributed by atoms with Crippen LogP contribution in [0.2, 0.25) is 5.02 Å². The standard InChI is InChI=1S/C26H26ClFN6O3/c1-14(25(35)36)16-5-3-4-6-19(16)31-24-18(27)12-29-26(33-24)32-20-8-7-15(11-21(20)37-2)30-22-17-13-34(10-9-28)23(17)22/h3-8,11-12,17,22-23,30H,1,9-10,13H2,2H3,(H,35,36)(H2,29,31,32,33). The van der Waals surface area contributed by atoms with Gasteiger partial charge in [-0.2, -0.15) is 4.98 Å². The molecule has 192 valence electrons. The molecule has 5 rings (SSSR count). The Morgan fingerprint density at radius 2 is 2.08 bits per heavy atom. The summed E-state index contributed by atoms with van der Waals surface area (Å²) in [7, 11) is 1.58. The first-order chi connectivity index (χ1) is 17.9. The average Bonchev–Trinajstić information content (AvgIpc) is 3.46. The lowest BCUT2D eigenvalue weighted by Crippen LogP contribution is -2.40. The lowest BCUT2D eigenvalue weighted by atomic mass is 10.1. The fraction of sp³-hybridized carbons (Fsp3) is 0.269. The second-order valence-electron chi connectivity index (χ2n) is 8.89. The molecule has 2 heterocycles. The van der Waals surface area contributed by atoms with Gasteiger partial charge in [0.15, 0.2) is 5.82 Å². The smallest absolute Gasteiger partial charge is 0.335 e. The lowest BCUT2D eigenvalue weighted by Gasteiger charge is -2.27. The van der Waals surface area contributed by atoms with E-state index in [0.29, 0.717) is 53.1 Å². The average molecular weight is 525 g/mol. The predicted molar refractivity (Wildman–Crippen MR) is 142 cm³/mol. The number of aromatic nitrogens is 2. The highest BCUT2D eigenvalue weighted by molar-refractivity contribution is 6.33. The van der Waals surface area contributed by atoms with Gasteiger partial charge in [-0.3, -0.25) is 4.90 Å². The molecular formula is C26H26ClFN6O3. The van der Waals surface area contributed by atoms with Crippen LogP contribution in [0.1, 0.15) is 5.56 Å². The van der Waals surface area contributed by atoms with E-state index < -0.39 is 5.97 Å². The van der Waals surface area contributed by atoms with Crippen LogP contribution in [0.3, 0.4) is 0 Å². The zero-order valence-electron chi connectivity index (χ0n) is 20.0. The number of carbonyl (C=O) groups is 1. The van der Waals surface area contributed by atoms with E-state index in [1.54, 1.807) is 31.4 Å². The van der Waals surface area contributed by atoms with Crippen LogP contribution in [-0.4, -0.2) is 64.9 Å². The quantitative estimate of drug-likeness (QED) is 0.263. The Morgan fingerprint density at radius 1 is 1.27 bits per heavy atom. The van der Waals surface area contributed by atoms with Crippen LogP contribution in [-0.2, 0) is 4.79 Å². The third kappa shape index (κ3) is 5.03. The summed E-state index contributed by atoms with van der Waals surface area (Å²) in [5.74, 6) is 0.602. The van der Waals surface area contributed by atoms with Gasteiger partial charge in [-0.1, -0.05) is 36.4 Å². The zero-order valence-corrected chi connectivity index (χ0v) is 20.8. The Morgan fingerprint density at radius 3 is 2.84 bits per heavy atom. The highest BCUT2D eigenvalue weighted by atomic mass is 35.5. The van der Waals surface area contributed by atoms with E-state index in [1.807, 2.05) is 18.2 Å². The number of nitrogens with one attached hydrogen (secondary N) is 3. The number of carboxylic acid groups (broad SMARTS) is 1. The molecule has 1 saturated carbocycles. The highest BCUT2D eigenvalue weighted by Gasteiger charge is 2.61. The second-order valence-corrected chi connectivity index (χ2v) is 9.30. The Labute approximate surface area is 218 Å². The number of likely N-dealkylation sites (tertiary alicyclic amines) is 1. The molecule has 0 amide bonds. The van der Waals surface area contributed by atoms with E-state index in [1.165, 1.54) is 6.20 Å². The number of benzene rings is 2. The summed E-state index contributed by atoms with van der Waals surface area (Å²) in [6.45, 7) is 4.74. The molecule has 0 bridgehead atoms. The molecule has 9 nitrogen and oxygen atoms in total. The number of alkyl halides is 1. The molecule has 0 spiro atoms. The van der Waals surface area contributed by atoms with Crippen LogP contribution in [0.15, 0.2) is 55.2 Å². The maximum absolute atomic E-state index is 12.6. The molecule has 11 heteroatoms. The summed E-state index contributed by atoms with van der Waals surface area (Å²) in [6.07, 6.45) is 1.45. The number of aliphatic carboxylic acids is 1. The van der Waals surface area contributed by atoms with Crippen LogP contribution in [0.5, 0.6) is 5.75 Å². The molecular weight excluding hydrogens is 499 g/mol. The molecule has 1 aromatic heterocycles. The summed E-state index contributed by atoms with van der Waals surface area (Å²) in [5, 5.41) is 19.4. The minimum atomic E-state index is -1.12. The van der Waals surface area contributed by atoms with Gasteiger partial charge in [-0.15, -0.1) is 0 Å². The number of ether oxygens (including phenoxy) is 1. The van der Waals surface area contributed by atoms with Gasteiger partial charge in [-0.25, -0.2) is 14.2 Å². The van der Waals surface area contributed by atoms with Crippen LogP contribution >= 0.6 is 11.6 Å². The van der Waals surface area contributed by atoms with Gasteiger partial charge in [0, 0.05) is 54.1 Å². The first-order valence-corrected chi connectivity index (χ1v) is 12.1. The minimum absolute atomic E-state index is 0.0561. The first kappa shape index (κ1) is 24.8. The van der Waals surface area contributed by atoms with E-state index >= 15 is 0 Å². The summed E-state index contributed by atoms with van der Waals surface area (Å²) in [5.41, 5.74) is 2.42. The number of fused-ring (bicyclic) bond motifs is 1. The number of carboxylic acids is 1. The van der Waals surface area contributed by atoms with E-state index in [2.05, 4.69) is 37.4 Å². The molecule has 1 aliphatic carbocycles. The van der Waals surface area contributed by atoms with Crippen molar-refractivity contribution in [1.29, 1.82) is 0 Å². The number of para-hydroxylation sites is 1. The van der Waals surface area contributed by atoms with Gasteiger partial charge in [0.1, 0.15) is 17.4 Å². The largest absolute Gasteiger partial charge is 0.494 e. The van der Waals surface area contributed by atoms with Gasteiger partial charge in [-0.05, 0) is 18.2 Å². The predicted octanol–water partition coefficient (Wildman–Crippen LogP) is 4.79. The molecule has 37 heavy (non-hydrogen) atoms. The molecule has 3 aromatic rings. The first-order valence-electron chi connectivity index (χ1n) is 11.7. The van der Waals surface area contributed by atoms with Gasteiger partial charge in [0.05, 0.1) is 24.6 Å². The van der Waals surface area contributed by atoms with Crippen molar-refractivity contribution in [2.75, 3.05) is 42.8 Å². The van der Waals surface area contributed by atoms with Crippen molar-refractivity contribution in [3.63, 3.8) is 0 Å². The Hall–Kier alpha value is -3.89. The van der Waals surface area contributed by atoms with E-state index in [-0.39, 0.29) is 23.2 Å². The Kier molecular flexibility index (Phi) is 6.86. The molecule has 3 atom stereocenters. The van der Waals surface area contributed by atoms with Gasteiger partial charge in [0.2, 0.25) is 5.95 Å². The zero-order chi connectivity index (χ0) is 26.1. The maximum Gasteiger partial charge on any atom is 0.335 e. The Balaban J connectivity index is 1.31. The molecule has 2 aromatic carbocycles. The molecule has 3 unspecified atom stereocenters. The second kappa shape index (κ2) is 10.2. The summed E-state index contributed by atoms with van der Waals surface area (Å²) in [4.78, 5) is 22.3. The van der Waals surface area contributed by atoms with Crippen molar-refractivity contribution in [3.8, 4) is 5.75 Å². The third-order valence-corrected chi connectivity index (χ3v) is 6.93. The van der Waals surface area contributed by atoms with Crippen LogP contribution in [0.4, 0.5) is 33.2 Å². The number of anilines is 5. The van der Waals surface area contributed by atoms with Crippen LogP contribution in [0.25, 0.3) is 5.57 Å². The molecule has 4 N–H and O–H groups in total. The van der Waals surface area contributed by atoms with Crippen molar-refractivity contribution < 1.29 is 19.0 Å². The monoisotopic (exact) mass is 524 g/mol. The maximum atomic E-state index is 12.6. The topological polar surface area (TPSA) is 112 Å². The number of nitrogens with zero attached hydrogens (tertiary/aromatic N) is 3. The van der Waals surface area contributed by atoms with Crippen molar-refractivity contribution in [2.45, 2.75) is 12.1 Å². The molecule has 2 fully saturated rings. The fourth-order valence-corrected chi connectivity index (χ4v) is 4.82. The molecule has 1 saturated heterocycles. The van der Waals surface area contributed by atoms with E-state index in [0.717, 1.165) is 12.2 Å². The van der Waals surface area contributed by atoms with Crippen LogP contribution in [0, 0.1) is 5.92 Å². The molecule has 0 radical (unpaired) electrons. The number of rotatable bonds is 11. The number of methoxy groups -OCH3 is 1. The SMILES string of the molecule is C=C(C(=O)O)c1ccccc1Nc1nc(Nc2ccc(NC3C4CN(CCF)C43)cc2OC)ncc1Cl. The van der Waals surface area contributed by atoms with Gasteiger partial charge >= 0.3 is 5.97 Å². The minimum Gasteiger partial charge on any atom is -0.494 e. The molecule has 2 aliphatic rings. The van der Waals surface area contributed by atoms with Crippen molar-refractivity contribution >= 4 is 52.0 Å².